The van der Waals surface area contributed by atoms with Gasteiger partial charge in [0.25, 0.3) is 5.91 Å². The number of β-lactam (4-membered cyclic amide) rings is 1. The highest BCUT2D eigenvalue weighted by atomic mass is 32.2. The van der Waals surface area contributed by atoms with Gasteiger partial charge >= 0.3 is 0 Å². The van der Waals surface area contributed by atoms with Crippen molar-refractivity contribution in [3.63, 3.8) is 0 Å². The van der Waals surface area contributed by atoms with Gasteiger partial charge in [-0.2, -0.15) is 0 Å². The van der Waals surface area contributed by atoms with Crippen LogP contribution in [0.1, 0.15) is 10.6 Å². The molecule has 0 saturated carbocycles. The predicted molar refractivity (Wildman–Crippen MR) is 110 cm³/mol. The van der Waals surface area contributed by atoms with E-state index in [1.807, 2.05) is 0 Å². The van der Waals surface area contributed by atoms with E-state index in [1.54, 1.807) is 29.8 Å². The van der Waals surface area contributed by atoms with Crippen LogP contribution in [0.15, 0.2) is 35.5 Å². The highest BCUT2D eigenvalue weighted by Gasteiger charge is 2.54. The fourth-order valence-electron chi connectivity index (χ4n) is 3.13. The van der Waals surface area contributed by atoms with Gasteiger partial charge in [0.05, 0.1) is 6.42 Å². The standard InChI is InChI=1S/C17H15N5O3S3/c18-9-3-1-8(2-4-9)5-11(23)20-12-15(24)22-13(17(25)26)10(6-27-16(12)22)14-21-19-7-28-14/h1-4,7,12,16H,5-6,18H2,(H,20,23)(H,25,26)/t12-,16-/m1/s1. The molecule has 0 radical (unpaired) electrons. The van der Waals surface area contributed by atoms with Crippen molar-refractivity contribution in [3.8, 4) is 0 Å². The number of fused-ring (bicyclic) bond motifs is 1. The predicted octanol–water partition coefficient (Wildman–Crippen LogP) is 0.930. The van der Waals surface area contributed by atoms with E-state index < -0.39 is 11.2 Å². The van der Waals surface area contributed by atoms with Crippen LogP contribution in [-0.2, 0) is 20.8 Å². The molecular weight excluding hydrogens is 418 g/mol. The van der Waals surface area contributed by atoms with E-state index in [2.05, 4.69) is 28.1 Å². The molecule has 1 saturated heterocycles. The third-order valence-electron chi connectivity index (χ3n) is 4.45. The summed E-state index contributed by atoms with van der Waals surface area (Å²) in [5.74, 6) is -0.112. The van der Waals surface area contributed by atoms with Crippen LogP contribution in [0.4, 0.5) is 5.69 Å². The number of hydrogen-bond donors (Lipinski definition) is 3. The molecule has 1 fully saturated rings. The number of nitrogens with one attached hydrogen (secondary N) is 1. The smallest absolute Gasteiger partial charge is 0.253 e. The number of carbonyl (C=O) groups excluding carboxylic acids is 3. The fraction of sp³-hybridized carbons (Fsp3) is 0.235. The van der Waals surface area contributed by atoms with E-state index in [9.17, 15) is 14.4 Å². The van der Waals surface area contributed by atoms with Crippen molar-refractivity contribution in [2.24, 2.45) is 0 Å². The van der Waals surface area contributed by atoms with E-state index in [4.69, 9.17) is 5.73 Å². The first-order valence-corrected chi connectivity index (χ1v) is 10.6. The summed E-state index contributed by atoms with van der Waals surface area (Å²) in [6.07, 6.45) is 0.145. The van der Waals surface area contributed by atoms with Crippen molar-refractivity contribution in [1.29, 1.82) is 0 Å². The Morgan fingerprint density at radius 3 is 2.71 bits per heavy atom. The zero-order valence-electron chi connectivity index (χ0n) is 14.4. The normalized spacial score (nSPS) is 21.2. The van der Waals surface area contributed by atoms with Gasteiger partial charge in [-0.05, 0) is 17.7 Å². The fourth-order valence-corrected chi connectivity index (χ4v) is 5.41. The Labute approximate surface area is 174 Å². The minimum Gasteiger partial charge on any atom is -0.399 e. The molecule has 0 spiro atoms. The van der Waals surface area contributed by atoms with Gasteiger partial charge in [-0.15, -0.1) is 33.3 Å². The van der Waals surface area contributed by atoms with Crippen LogP contribution in [0.25, 0.3) is 5.57 Å². The molecule has 2 atom stereocenters. The average Bonchev–Trinajstić information content (AvgIpc) is 3.21. The Hall–Kier alpha value is -2.37. The Bertz CT molecular complexity index is 974. The molecular formula is C17H15N5O3S3. The Balaban J connectivity index is 1.49. The van der Waals surface area contributed by atoms with Crippen LogP contribution in [-0.4, -0.2) is 49.2 Å². The van der Waals surface area contributed by atoms with Crippen molar-refractivity contribution in [3.05, 3.63) is 46.0 Å². The summed E-state index contributed by atoms with van der Waals surface area (Å²) >= 11 is 6.71. The number of aromatic nitrogens is 2. The second-order valence-corrected chi connectivity index (χ2v) is 8.59. The van der Waals surface area contributed by atoms with Crippen molar-refractivity contribution in [1.82, 2.24) is 20.4 Å². The Morgan fingerprint density at radius 2 is 2.07 bits per heavy atom. The molecule has 2 aromatic rings. The Morgan fingerprint density at radius 1 is 1.32 bits per heavy atom. The molecule has 11 heteroatoms. The molecule has 3 N–H and O–H groups in total. The maximum atomic E-state index is 12.7. The average molecular weight is 434 g/mol. The maximum Gasteiger partial charge on any atom is 0.253 e. The van der Waals surface area contributed by atoms with E-state index in [-0.39, 0.29) is 29.3 Å². The van der Waals surface area contributed by atoms with Crippen molar-refractivity contribution < 1.29 is 14.4 Å². The molecule has 2 aliphatic rings. The zero-order chi connectivity index (χ0) is 19.8. The van der Waals surface area contributed by atoms with Crippen LogP contribution in [0, 0.1) is 0 Å². The maximum absolute atomic E-state index is 12.7. The molecule has 28 heavy (non-hydrogen) atoms. The number of benzene rings is 1. The molecule has 2 aliphatic heterocycles. The van der Waals surface area contributed by atoms with E-state index >= 15 is 0 Å². The monoisotopic (exact) mass is 433 g/mol. The lowest BCUT2D eigenvalue weighted by Crippen LogP contribution is -2.70. The Kier molecular flexibility index (Phi) is 5.13. The first-order valence-electron chi connectivity index (χ1n) is 8.27. The zero-order valence-corrected chi connectivity index (χ0v) is 16.9. The highest BCUT2D eigenvalue weighted by molar-refractivity contribution is 8.00. The van der Waals surface area contributed by atoms with Crippen LogP contribution in [0.5, 0.6) is 0 Å². The summed E-state index contributed by atoms with van der Waals surface area (Å²) < 4.78 is 0. The molecule has 1 aromatic heterocycles. The molecule has 3 heterocycles. The lowest BCUT2D eigenvalue weighted by Gasteiger charge is -2.49. The van der Waals surface area contributed by atoms with E-state index in [0.29, 0.717) is 22.0 Å². The van der Waals surface area contributed by atoms with E-state index in [0.717, 1.165) is 5.56 Å². The molecule has 0 aliphatic carbocycles. The molecule has 8 nitrogen and oxygen atoms in total. The number of thioether (sulfide) groups is 1. The number of thiol groups is 1. The van der Waals surface area contributed by atoms with Crippen LogP contribution >= 0.6 is 35.7 Å². The van der Waals surface area contributed by atoms with Crippen molar-refractivity contribution in [2.45, 2.75) is 17.8 Å². The number of hydrogen-bond acceptors (Lipinski definition) is 8. The molecule has 2 amide bonds. The van der Waals surface area contributed by atoms with Gasteiger partial charge < -0.3 is 11.1 Å². The van der Waals surface area contributed by atoms with Crippen LogP contribution in [0.2, 0.25) is 0 Å². The number of rotatable bonds is 5. The van der Waals surface area contributed by atoms with Gasteiger partial charge in [-0.25, -0.2) is 0 Å². The van der Waals surface area contributed by atoms with Gasteiger partial charge in [0.1, 0.15) is 27.6 Å². The van der Waals surface area contributed by atoms with E-state index in [1.165, 1.54) is 28.0 Å². The number of nitrogens with two attached hydrogens (primary N) is 1. The van der Waals surface area contributed by atoms with Crippen LogP contribution < -0.4 is 11.1 Å². The number of nitrogen functional groups attached to an aromatic ring is 1. The first-order chi connectivity index (χ1) is 13.5. The second kappa shape index (κ2) is 7.57. The summed E-state index contributed by atoms with van der Waals surface area (Å²) in [6.45, 7) is 0. The van der Waals surface area contributed by atoms with Crippen molar-refractivity contribution >= 4 is 63.9 Å². The molecule has 144 valence electrons. The molecule has 0 bridgehead atoms. The minimum atomic E-state index is -0.676. The largest absolute Gasteiger partial charge is 0.399 e. The topological polar surface area (TPSA) is 118 Å². The number of amides is 2. The van der Waals surface area contributed by atoms with Gasteiger partial charge in [-0.1, -0.05) is 24.8 Å². The van der Waals surface area contributed by atoms with Gasteiger partial charge in [-0.3, -0.25) is 19.3 Å². The van der Waals surface area contributed by atoms with Gasteiger partial charge in [0.2, 0.25) is 11.0 Å². The number of nitrogens with zero attached hydrogens (tertiary/aromatic N) is 3. The lowest BCUT2D eigenvalue weighted by atomic mass is 10.0. The third kappa shape index (κ3) is 3.40. The van der Waals surface area contributed by atoms with Crippen molar-refractivity contribution in [2.75, 3.05) is 11.5 Å². The first kappa shape index (κ1) is 19.0. The second-order valence-electron chi connectivity index (χ2n) is 6.25. The SMILES string of the molecule is Nc1ccc(CC(=O)N[C@@H]2C(=O)N3C(C(=O)S)=C(c4nncs4)CS[C@H]23)cc1. The number of carbonyl (C=O) groups is 3. The lowest BCUT2D eigenvalue weighted by molar-refractivity contribution is -0.146. The quantitative estimate of drug-likeness (QED) is 0.365. The van der Waals surface area contributed by atoms with Gasteiger partial charge in [0, 0.05) is 17.0 Å². The number of anilines is 1. The summed E-state index contributed by atoms with van der Waals surface area (Å²) in [6, 6.07) is 6.31. The summed E-state index contributed by atoms with van der Waals surface area (Å²) in [7, 11) is 0. The minimum absolute atomic E-state index is 0.145. The summed E-state index contributed by atoms with van der Waals surface area (Å²) in [5.41, 5.74) is 9.50. The molecule has 4 rings (SSSR count). The summed E-state index contributed by atoms with van der Waals surface area (Å²) in [4.78, 5) is 38.5. The van der Waals surface area contributed by atoms with Crippen LogP contribution in [0.3, 0.4) is 0 Å². The highest BCUT2D eigenvalue weighted by Crippen LogP contribution is 2.43. The summed E-state index contributed by atoms with van der Waals surface area (Å²) in [5, 5.41) is 10.3. The molecule has 0 unspecified atom stereocenters. The third-order valence-corrected chi connectivity index (χ3v) is 6.69. The van der Waals surface area contributed by atoms with Gasteiger partial charge in [0.15, 0.2) is 0 Å². The molecule has 1 aromatic carbocycles.